The average molecular weight is 220 g/mol. The lowest BCUT2D eigenvalue weighted by atomic mass is 9.99. The molecule has 0 aromatic heterocycles. The lowest BCUT2D eigenvalue weighted by Crippen LogP contribution is -2.50. The van der Waals surface area contributed by atoms with Crippen LogP contribution in [0.15, 0.2) is 30.3 Å². The third-order valence-electron chi connectivity index (χ3n) is 4.12. The molecule has 1 aromatic rings. The van der Waals surface area contributed by atoms with Gasteiger partial charge in [0.25, 0.3) is 0 Å². The fourth-order valence-electron chi connectivity index (χ4n) is 2.95. The van der Waals surface area contributed by atoms with Crippen molar-refractivity contribution in [2.24, 2.45) is 0 Å². The van der Waals surface area contributed by atoms with Crippen molar-refractivity contribution < 1.29 is 4.48 Å². The van der Waals surface area contributed by atoms with Crippen LogP contribution in [0, 0.1) is 0 Å². The van der Waals surface area contributed by atoms with Gasteiger partial charge in [-0.05, 0) is 20.8 Å². The lowest BCUT2D eigenvalue weighted by Gasteiger charge is -2.43. The van der Waals surface area contributed by atoms with Gasteiger partial charge in [-0.15, -0.1) is 0 Å². The normalized spacial score (nSPS) is 13.8. The number of nitrogens with zero attached hydrogens (tertiary/aromatic N) is 1. The minimum absolute atomic E-state index is 0.654. The Kier molecular flexibility index (Phi) is 5.01. The van der Waals surface area contributed by atoms with E-state index in [1.807, 2.05) is 0 Å². The van der Waals surface area contributed by atoms with Gasteiger partial charge in [0.2, 0.25) is 0 Å². The predicted molar refractivity (Wildman–Crippen MR) is 71.4 cm³/mol. The summed E-state index contributed by atoms with van der Waals surface area (Å²) in [7, 11) is 0. The molecule has 1 aromatic carbocycles. The molecule has 0 N–H and O–H groups in total. The van der Waals surface area contributed by atoms with Gasteiger partial charge in [0.15, 0.2) is 0 Å². The Hall–Kier alpha value is -0.820. The molecule has 90 valence electrons. The van der Waals surface area contributed by atoms with Gasteiger partial charge in [0, 0.05) is 12.0 Å². The highest BCUT2D eigenvalue weighted by molar-refractivity contribution is 5.17. The van der Waals surface area contributed by atoms with Crippen LogP contribution in [0.1, 0.15) is 45.7 Å². The average Bonchev–Trinajstić information content (AvgIpc) is 2.37. The van der Waals surface area contributed by atoms with Gasteiger partial charge in [-0.25, -0.2) is 0 Å². The summed E-state index contributed by atoms with van der Waals surface area (Å²) in [5.41, 5.74) is 1.50. The predicted octanol–water partition coefficient (Wildman–Crippen LogP) is 4.01. The molecule has 0 saturated heterocycles. The van der Waals surface area contributed by atoms with Gasteiger partial charge in [-0.2, -0.15) is 0 Å². The summed E-state index contributed by atoms with van der Waals surface area (Å²) in [6.07, 6.45) is 1.22. The maximum absolute atomic E-state index is 2.32. The standard InChI is InChI=1S/C15H26N/c1-5-15(14-12-10-9-11-13-14)16(6-2,7-3)8-4/h9-13,15H,5-8H2,1-4H3/q+1. The Balaban J connectivity index is 3.05. The summed E-state index contributed by atoms with van der Waals surface area (Å²) in [5, 5.41) is 0. The Morgan fingerprint density at radius 2 is 1.38 bits per heavy atom. The van der Waals surface area contributed by atoms with Crippen molar-refractivity contribution in [1.82, 2.24) is 0 Å². The first kappa shape index (κ1) is 13.2. The molecular formula is C15H26N+. The van der Waals surface area contributed by atoms with Gasteiger partial charge in [-0.1, -0.05) is 37.3 Å². The quantitative estimate of drug-likeness (QED) is 0.635. The topological polar surface area (TPSA) is 0 Å². The Morgan fingerprint density at radius 3 is 1.75 bits per heavy atom. The highest BCUT2D eigenvalue weighted by Crippen LogP contribution is 2.31. The molecule has 1 nitrogen and oxygen atoms in total. The second-order valence-electron chi connectivity index (χ2n) is 4.50. The zero-order valence-corrected chi connectivity index (χ0v) is 11.2. The highest BCUT2D eigenvalue weighted by Gasteiger charge is 2.31. The Labute approximate surface area is 101 Å². The summed E-state index contributed by atoms with van der Waals surface area (Å²) in [4.78, 5) is 0. The van der Waals surface area contributed by atoms with E-state index in [1.165, 1.54) is 36.1 Å². The van der Waals surface area contributed by atoms with Crippen molar-refractivity contribution >= 4 is 0 Å². The minimum Gasteiger partial charge on any atom is -0.318 e. The first-order valence-corrected chi connectivity index (χ1v) is 6.64. The van der Waals surface area contributed by atoms with Crippen LogP contribution in [0.3, 0.4) is 0 Å². The second kappa shape index (κ2) is 6.05. The summed E-state index contributed by atoms with van der Waals surface area (Å²) in [6.45, 7) is 12.9. The Morgan fingerprint density at radius 1 is 0.875 bits per heavy atom. The molecule has 0 heterocycles. The molecule has 0 spiro atoms. The maximum Gasteiger partial charge on any atom is 0.114 e. The van der Waals surface area contributed by atoms with E-state index in [0.717, 1.165) is 0 Å². The van der Waals surface area contributed by atoms with Crippen molar-refractivity contribution in [1.29, 1.82) is 0 Å². The van der Waals surface area contributed by atoms with E-state index in [4.69, 9.17) is 0 Å². The summed E-state index contributed by atoms with van der Waals surface area (Å²) in [5.74, 6) is 0. The van der Waals surface area contributed by atoms with Gasteiger partial charge >= 0.3 is 0 Å². The zero-order chi connectivity index (χ0) is 12.0. The molecule has 1 atom stereocenters. The molecule has 1 unspecified atom stereocenters. The van der Waals surface area contributed by atoms with Crippen LogP contribution < -0.4 is 0 Å². The number of hydrogen-bond acceptors (Lipinski definition) is 0. The third kappa shape index (κ3) is 2.46. The largest absolute Gasteiger partial charge is 0.318 e. The van der Waals surface area contributed by atoms with Crippen molar-refractivity contribution in [3.05, 3.63) is 35.9 Å². The van der Waals surface area contributed by atoms with E-state index in [9.17, 15) is 0 Å². The van der Waals surface area contributed by atoms with Crippen LogP contribution in [-0.4, -0.2) is 24.1 Å². The fraction of sp³-hybridized carbons (Fsp3) is 0.600. The number of rotatable bonds is 6. The van der Waals surface area contributed by atoms with Crippen LogP contribution >= 0.6 is 0 Å². The molecule has 16 heavy (non-hydrogen) atoms. The van der Waals surface area contributed by atoms with Gasteiger partial charge in [0.1, 0.15) is 6.04 Å². The van der Waals surface area contributed by atoms with Gasteiger partial charge < -0.3 is 4.48 Å². The molecule has 0 amide bonds. The highest BCUT2D eigenvalue weighted by atomic mass is 15.4. The van der Waals surface area contributed by atoms with Gasteiger partial charge in [-0.3, -0.25) is 0 Å². The van der Waals surface area contributed by atoms with Crippen LogP contribution in [0.4, 0.5) is 0 Å². The monoisotopic (exact) mass is 220 g/mol. The van der Waals surface area contributed by atoms with E-state index in [0.29, 0.717) is 6.04 Å². The van der Waals surface area contributed by atoms with E-state index < -0.39 is 0 Å². The van der Waals surface area contributed by atoms with Crippen molar-refractivity contribution in [2.45, 2.75) is 40.2 Å². The minimum atomic E-state index is 0.654. The van der Waals surface area contributed by atoms with Crippen LogP contribution in [0.25, 0.3) is 0 Å². The van der Waals surface area contributed by atoms with E-state index in [1.54, 1.807) is 0 Å². The van der Waals surface area contributed by atoms with Crippen molar-refractivity contribution in [2.75, 3.05) is 19.6 Å². The van der Waals surface area contributed by atoms with E-state index >= 15 is 0 Å². The molecule has 1 heteroatoms. The summed E-state index contributed by atoms with van der Waals surface area (Å²) >= 11 is 0. The molecule has 1 rings (SSSR count). The smallest absolute Gasteiger partial charge is 0.114 e. The van der Waals surface area contributed by atoms with Crippen LogP contribution in [0.2, 0.25) is 0 Å². The van der Waals surface area contributed by atoms with E-state index in [-0.39, 0.29) is 0 Å². The molecule has 0 fully saturated rings. The van der Waals surface area contributed by atoms with E-state index in [2.05, 4.69) is 58.0 Å². The molecular weight excluding hydrogens is 194 g/mol. The number of quaternary nitrogens is 1. The van der Waals surface area contributed by atoms with Crippen molar-refractivity contribution in [3.8, 4) is 0 Å². The third-order valence-corrected chi connectivity index (χ3v) is 4.12. The van der Waals surface area contributed by atoms with Gasteiger partial charge in [0.05, 0.1) is 19.6 Å². The van der Waals surface area contributed by atoms with Crippen LogP contribution in [0.5, 0.6) is 0 Å². The molecule has 0 aliphatic rings. The maximum atomic E-state index is 2.32. The number of hydrogen-bond donors (Lipinski definition) is 0. The molecule has 0 saturated carbocycles. The Bertz CT molecular complexity index is 279. The summed E-state index contributed by atoms with van der Waals surface area (Å²) in [6, 6.07) is 11.6. The summed E-state index contributed by atoms with van der Waals surface area (Å²) < 4.78 is 1.21. The molecule has 0 aliphatic heterocycles. The molecule has 0 radical (unpaired) electrons. The van der Waals surface area contributed by atoms with Crippen LogP contribution in [-0.2, 0) is 0 Å². The molecule has 0 bridgehead atoms. The SMILES string of the molecule is CCC(c1ccccc1)[N+](CC)(CC)CC. The number of benzene rings is 1. The van der Waals surface area contributed by atoms with Crippen molar-refractivity contribution in [3.63, 3.8) is 0 Å². The lowest BCUT2D eigenvalue weighted by molar-refractivity contribution is -0.952. The first-order valence-electron chi connectivity index (χ1n) is 6.64. The fourth-order valence-corrected chi connectivity index (χ4v) is 2.95. The zero-order valence-electron chi connectivity index (χ0n) is 11.2. The second-order valence-corrected chi connectivity index (χ2v) is 4.50. The first-order chi connectivity index (χ1) is 7.74. The molecule has 0 aliphatic carbocycles.